The van der Waals surface area contributed by atoms with Gasteiger partial charge in [-0.25, -0.2) is 0 Å². The number of hydrogen-bond donors (Lipinski definition) is 0. The van der Waals surface area contributed by atoms with Crippen molar-refractivity contribution in [3.05, 3.63) is 54.0 Å². The standard InChI is InChI=1S/C18H21NO3S/c1-2-21-15-7-5-14(6-8-15)18(20)19-10-9-17(23-13-11-19)16-4-3-12-22-16/h3-8,12,17H,2,9-11,13H2,1H3. The summed E-state index contributed by atoms with van der Waals surface area (Å²) in [6.45, 7) is 4.10. The molecule has 0 spiro atoms. The number of carbonyl (C=O) groups excluding carboxylic acids is 1. The van der Waals surface area contributed by atoms with Crippen molar-refractivity contribution < 1.29 is 13.9 Å². The Morgan fingerprint density at radius 3 is 2.83 bits per heavy atom. The molecule has 3 rings (SSSR count). The molecule has 2 aromatic rings. The summed E-state index contributed by atoms with van der Waals surface area (Å²) in [5.74, 6) is 2.82. The van der Waals surface area contributed by atoms with Crippen LogP contribution in [0, 0.1) is 0 Å². The summed E-state index contributed by atoms with van der Waals surface area (Å²) in [5.41, 5.74) is 0.718. The van der Waals surface area contributed by atoms with E-state index in [1.54, 1.807) is 6.26 Å². The second-order valence-electron chi connectivity index (χ2n) is 5.41. The van der Waals surface area contributed by atoms with Crippen LogP contribution in [0.25, 0.3) is 0 Å². The molecular weight excluding hydrogens is 310 g/mol. The maximum atomic E-state index is 12.7. The van der Waals surface area contributed by atoms with Crippen LogP contribution < -0.4 is 4.74 Å². The number of rotatable bonds is 4. The summed E-state index contributed by atoms with van der Waals surface area (Å²) in [5, 5.41) is 0.336. The Hall–Kier alpha value is -1.88. The summed E-state index contributed by atoms with van der Waals surface area (Å²) in [6, 6.07) is 11.3. The first-order chi connectivity index (χ1) is 11.3. The van der Waals surface area contributed by atoms with Crippen LogP contribution in [0.15, 0.2) is 47.1 Å². The van der Waals surface area contributed by atoms with E-state index in [1.165, 1.54) is 0 Å². The van der Waals surface area contributed by atoms with Crippen molar-refractivity contribution in [2.75, 3.05) is 25.4 Å². The van der Waals surface area contributed by atoms with E-state index in [0.717, 1.165) is 42.3 Å². The van der Waals surface area contributed by atoms with Crippen molar-refractivity contribution in [3.63, 3.8) is 0 Å². The molecule has 122 valence electrons. The van der Waals surface area contributed by atoms with Gasteiger partial charge in [0.2, 0.25) is 0 Å². The Kier molecular flexibility index (Phi) is 5.28. The van der Waals surface area contributed by atoms with Gasteiger partial charge < -0.3 is 14.1 Å². The molecule has 0 saturated carbocycles. The molecular formula is C18H21NO3S. The SMILES string of the molecule is CCOc1ccc(C(=O)N2CCSC(c3ccco3)CC2)cc1. The molecule has 1 aliphatic heterocycles. The molecule has 23 heavy (non-hydrogen) atoms. The monoisotopic (exact) mass is 331 g/mol. The summed E-state index contributed by atoms with van der Waals surface area (Å²) in [7, 11) is 0. The number of furan rings is 1. The summed E-state index contributed by atoms with van der Waals surface area (Å²) >= 11 is 1.86. The van der Waals surface area contributed by atoms with Gasteiger partial charge in [-0.1, -0.05) is 0 Å². The molecule has 1 amide bonds. The summed E-state index contributed by atoms with van der Waals surface area (Å²) < 4.78 is 10.9. The zero-order valence-corrected chi connectivity index (χ0v) is 14.1. The fraction of sp³-hybridized carbons (Fsp3) is 0.389. The van der Waals surface area contributed by atoms with Crippen molar-refractivity contribution in [1.82, 2.24) is 4.90 Å². The molecule has 2 heterocycles. The lowest BCUT2D eigenvalue weighted by Crippen LogP contribution is -2.32. The minimum atomic E-state index is 0.0914. The van der Waals surface area contributed by atoms with Gasteiger partial charge in [-0.3, -0.25) is 4.79 Å². The Balaban J connectivity index is 1.63. The third kappa shape index (κ3) is 3.91. The molecule has 5 heteroatoms. The Morgan fingerprint density at radius 2 is 2.13 bits per heavy atom. The van der Waals surface area contributed by atoms with Gasteiger partial charge in [0.25, 0.3) is 5.91 Å². The summed E-state index contributed by atoms with van der Waals surface area (Å²) in [4.78, 5) is 14.6. The highest BCUT2D eigenvalue weighted by Crippen LogP contribution is 2.34. The van der Waals surface area contributed by atoms with Crippen LogP contribution in [0.1, 0.15) is 34.7 Å². The third-order valence-corrected chi connectivity index (χ3v) is 5.19. The number of carbonyl (C=O) groups is 1. The van der Waals surface area contributed by atoms with Crippen LogP contribution in [0.3, 0.4) is 0 Å². The Bertz CT molecular complexity index is 624. The predicted octanol–water partition coefficient (Wildman–Crippen LogP) is 4.00. The summed E-state index contributed by atoms with van der Waals surface area (Å²) in [6.07, 6.45) is 2.63. The average Bonchev–Trinajstić information content (AvgIpc) is 3.00. The van der Waals surface area contributed by atoms with Crippen molar-refractivity contribution in [2.24, 2.45) is 0 Å². The first-order valence-corrected chi connectivity index (χ1v) is 9.00. The minimum absolute atomic E-state index is 0.0914. The van der Waals surface area contributed by atoms with Crippen molar-refractivity contribution >= 4 is 17.7 Å². The largest absolute Gasteiger partial charge is 0.494 e. The fourth-order valence-corrected chi connectivity index (χ4v) is 3.90. The highest BCUT2D eigenvalue weighted by Gasteiger charge is 2.24. The fourth-order valence-electron chi connectivity index (χ4n) is 2.72. The number of benzene rings is 1. The quantitative estimate of drug-likeness (QED) is 0.849. The zero-order valence-electron chi connectivity index (χ0n) is 13.2. The predicted molar refractivity (Wildman–Crippen MR) is 92.0 cm³/mol. The molecule has 1 aromatic carbocycles. The number of amides is 1. The van der Waals surface area contributed by atoms with Gasteiger partial charge in [0, 0.05) is 24.4 Å². The zero-order chi connectivity index (χ0) is 16.1. The molecule has 1 saturated heterocycles. The molecule has 1 unspecified atom stereocenters. The van der Waals surface area contributed by atoms with E-state index in [9.17, 15) is 4.79 Å². The van der Waals surface area contributed by atoms with Crippen LogP contribution in [0.2, 0.25) is 0 Å². The van der Waals surface area contributed by atoms with Crippen molar-refractivity contribution in [2.45, 2.75) is 18.6 Å². The maximum absolute atomic E-state index is 12.7. The van der Waals surface area contributed by atoms with Crippen molar-refractivity contribution in [3.8, 4) is 5.75 Å². The first kappa shape index (κ1) is 16.0. The van der Waals surface area contributed by atoms with E-state index < -0.39 is 0 Å². The molecule has 0 radical (unpaired) electrons. The topological polar surface area (TPSA) is 42.7 Å². The molecule has 1 aliphatic rings. The molecule has 1 fully saturated rings. The van der Waals surface area contributed by atoms with Gasteiger partial charge in [0.1, 0.15) is 11.5 Å². The van der Waals surface area contributed by atoms with E-state index in [2.05, 4.69) is 0 Å². The van der Waals surface area contributed by atoms with E-state index in [1.807, 2.05) is 60.0 Å². The normalized spacial score (nSPS) is 18.5. The van der Waals surface area contributed by atoms with Gasteiger partial charge in [0.15, 0.2) is 0 Å². The highest BCUT2D eigenvalue weighted by molar-refractivity contribution is 7.99. The third-order valence-electron chi connectivity index (χ3n) is 3.90. The lowest BCUT2D eigenvalue weighted by Gasteiger charge is -2.20. The van der Waals surface area contributed by atoms with Crippen LogP contribution in [0.5, 0.6) is 5.75 Å². The molecule has 1 aromatic heterocycles. The number of hydrogen-bond acceptors (Lipinski definition) is 4. The average molecular weight is 331 g/mol. The van der Waals surface area contributed by atoms with E-state index in [4.69, 9.17) is 9.15 Å². The highest BCUT2D eigenvalue weighted by atomic mass is 32.2. The second-order valence-corrected chi connectivity index (χ2v) is 6.72. The van der Waals surface area contributed by atoms with E-state index >= 15 is 0 Å². The maximum Gasteiger partial charge on any atom is 0.253 e. The van der Waals surface area contributed by atoms with Gasteiger partial charge >= 0.3 is 0 Å². The Labute approximate surface area is 140 Å². The van der Waals surface area contributed by atoms with Gasteiger partial charge in [-0.2, -0.15) is 0 Å². The van der Waals surface area contributed by atoms with Crippen LogP contribution in [0.4, 0.5) is 0 Å². The van der Waals surface area contributed by atoms with Crippen LogP contribution in [-0.4, -0.2) is 36.3 Å². The molecule has 1 atom stereocenters. The first-order valence-electron chi connectivity index (χ1n) is 7.95. The van der Waals surface area contributed by atoms with E-state index in [-0.39, 0.29) is 5.91 Å². The molecule has 4 nitrogen and oxygen atoms in total. The van der Waals surface area contributed by atoms with Crippen LogP contribution >= 0.6 is 11.8 Å². The number of nitrogens with zero attached hydrogens (tertiary/aromatic N) is 1. The lowest BCUT2D eigenvalue weighted by atomic mass is 10.1. The van der Waals surface area contributed by atoms with Gasteiger partial charge in [-0.05, 0) is 49.7 Å². The second kappa shape index (κ2) is 7.59. The van der Waals surface area contributed by atoms with Crippen LogP contribution in [-0.2, 0) is 0 Å². The smallest absolute Gasteiger partial charge is 0.253 e. The lowest BCUT2D eigenvalue weighted by molar-refractivity contribution is 0.0766. The molecule has 0 N–H and O–H groups in total. The number of thioether (sulfide) groups is 1. The molecule has 0 aliphatic carbocycles. The van der Waals surface area contributed by atoms with Gasteiger partial charge in [-0.15, -0.1) is 11.8 Å². The Morgan fingerprint density at radius 1 is 1.30 bits per heavy atom. The van der Waals surface area contributed by atoms with Crippen molar-refractivity contribution in [1.29, 1.82) is 0 Å². The minimum Gasteiger partial charge on any atom is -0.494 e. The molecule has 0 bridgehead atoms. The van der Waals surface area contributed by atoms with E-state index in [0.29, 0.717) is 11.9 Å². The number of ether oxygens (including phenoxy) is 1. The van der Waals surface area contributed by atoms with Gasteiger partial charge in [0.05, 0.1) is 18.1 Å².